The van der Waals surface area contributed by atoms with E-state index in [9.17, 15) is 18.0 Å². The highest BCUT2D eigenvalue weighted by Gasteiger charge is 2.31. The van der Waals surface area contributed by atoms with Gasteiger partial charge in [-0.05, 0) is 46.7 Å². The fourth-order valence-corrected chi connectivity index (χ4v) is 1.93. The number of aryl methyl sites for hydroxylation is 1. The molecular formula is C10H8F3IO3. The zero-order valence-electron chi connectivity index (χ0n) is 8.42. The maximum Gasteiger partial charge on any atom is 0.573 e. The average molecular weight is 360 g/mol. The van der Waals surface area contributed by atoms with E-state index in [1.807, 2.05) is 22.6 Å². The molecule has 1 N–H and O–H groups in total. The molecule has 0 saturated heterocycles. The van der Waals surface area contributed by atoms with Crippen molar-refractivity contribution < 1.29 is 27.8 Å². The van der Waals surface area contributed by atoms with Crippen LogP contribution in [0.3, 0.4) is 0 Å². The molecule has 1 rings (SSSR count). The van der Waals surface area contributed by atoms with Crippen LogP contribution in [0.2, 0.25) is 0 Å². The highest BCUT2D eigenvalue weighted by atomic mass is 127. The molecule has 17 heavy (non-hydrogen) atoms. The van der Waals surface area contributed by atoms with Crippen LogP contribution in [0.25, 0.3) is 0 Å². The second kappa shape index (κ2) is 5.56. The van der Waals surface area contributed by atoms with E-state index in [0.717, 1.165) is 0 Å². The first-order chi connectivity index (χ1) is 7.78. The van der Waals surface area contributed by atoms with Crippen molar-refractivity contribution in [2.75, 3.05) is 0 Å². The zero-order chi connectivity index (χ0) is 13.1. The minimum absolute atomic E-state index is 0.0600. The van der Waals surface area contributed by atoms with E-state index in [4.69, 9.17) is 5.11 Å². The van der Waals surface area contributed by atoms with Crippen LogP contribution in [0.15, 0.2) is 18.2 Å². The van der Waals surface area contributed by atoms with Gasteiger partial charge in [0.05, 0.1) is 0 Å². The third-order valence-corrected chi connectivity index (χ3v) is 2.87. The Kier molecular flexibility index (Phi) is 4.61. The van der Waals surface area contributed by atoms with Crippen molar-refractivity contribution in [3.05, 3.63) is 27.3 Å². The van der Waals surface area contributed by atoms with E-state index in [2.05, 4.69) is 4.74 Å². The molecule has 0 fully saturated rings. The summed E-state index contributed by atoms with van der Waals surface area (Å²) < 4.78 is 40.1. The van der Waals surface area contributed by atoms with E-state index in [1.54, 1.807) is 0 Å². The molecule has 0 aliphatic rings. The van der Waals surface area contributed by atoms with Crippen molar-refractivity contribution in [2.45, 2.75) is 19.2 Å². The Morgan fingerprint density at radius 3 is 2.53 bits per heavy atom. The van der Waals surface area contributed by atoms with Gasteiger partial charge in [-0.1, -0.05) is 6.07 Å². The van der Waals surface area contributed by atoms with Crippen molar-refractivity contribution in [3.8, 4) is 5.75 Å². The number of ether oxygens (including phenoxy) is 1. The Hall–Kier alpha value is -0.990. The number of carboxylic acids is 1. The molecule has 0 bridgehead atoms. The van der Waals surface area contributed by atoms with Crippen molar-refractivity contribution >= 4 is 28.6 Å². The van der Waals surface area contributed by atoms with Gasteiger partial charge in [0.2, 0.25) is 0 Å². The van der Waals surface area contributed by atoms with Crippen molar-refractivity contribution in [1.29, 1.82) is 0 Å². The molecule has 94 valence electrons. The fourth-order valence-electron chi connectivity index (χ4n) is 1.17. The molecule has 0 heterocycles. The Bertz CT molecular complexity index is 418. The summed E-state index contributed by atoms with van der Waals surface area (Å²) >= 11 is 1.84. The summed E-state index contributed by atoms with van der Waals surface area (Å²) in [5.41, 5.74) is 0.683. The van der Waals surface area contributed by atoms with E-state index in [-0.39, 0.29) is 18.6 Å². The number of carboxylic acid groups (broad SMARTS) is 1. The molecule has 0 aliphatic carbocycles. The molecule has 0 aromatic heterocycles. The lowest BCUT2D eigenvalue weighted by Crippen LogP contribution is -2.17. The summed E-state index contributed by atoms with van der Waals surface area (Å²) in [7, 11) is 0. The van der Waals surface area contributed by atoms with Crippen LogP contribution < -0.4 is 4.74 Å². The third kappa shape index (κ3) is 5.24. The smallest absolute Gasteiger partial charge is 0.481 e. The van der Waals surface area contributed by atoms with Gasteiger partial charge >= 0.3 is 12.3 Å². The van der Waals surface area contributed by atoms with Crippen molar-refractivity contribution in [3.63, 3.8) is 0 Å². The number of rotatable bonds is 4. The van der Waals surface area contributed by atoms with E-state index < -0.39 is 12.3 Å². The van der Waals surface area contributed by atoms with Crippen LogP contribution in [0, 0.1) is 3.57 Å². The summed E-state index contributed by atoms with van der Waals surface area (Å²) in [6.07, 6.45) is -4.50. The molecule has 0 unspecified atom stereocenters. The number of halogens is 4. The summed E-state index contributed by atoms with van der Waals surface area (Å²) in [6.45, 7) is 0. The summed E-state index contributed by atoms with van der Waals surface area (Å²) in [5, 5.41) is 8.50. The first kappa shape index (κ1) is 14.1. The van der Waals surface area contributed by atoms with Crippen molar-refractivity contribution in [2.24, 2.45) is 0 Å². The summed E-state index contributed by atoms with van der Waals surface area (Å²) in [5.74, 6) is -1.25. The molecule has 0 atom stereocenters. The van der Waals surface area contributed by atoms with Crippen LogP contribution in [0.4, 0.5) is 13.2 Å². The number of benzene rings is 1. The molecular weight excluding hydrogens is 352 g/mol. The maximum absolute atomic E-state index is 11.9. The number of aliphatic carboxylic acids is 1. The number of alkyl halides is 3. The minimum atomic E-state index is -4.72. The number of carbonyl (C=O) groups is 1. The van der Waals surface area contributed by atoms with Gasteiger partial charge in [0.25, 0.3) is 0 Å². The van der Waals surface area contributed by atoms with Crippen LogP contribution in [0.1, 0.15) is 12.0 Å². The first-order valence-corrected chi connectivity index (χ1v) is 5.62. The summed E-state index contributed by atoms with van der Waals surface area (Å²) in [6, 6.07) is 3.84. The van der Waals surface area contributed by atoms with Gasteiger partial charge in [0.1, 0.15) is 5.75 Å². The fraction of sp³-hybridized carbons (Fsp3) is 0.300. The average Bonchev–Trinajstić information content (AvgIpc) is 2.13. The Labute approximate surface area is 109 Å². The molecule has 0 amide bonds. The van der Waals surface area contributed by atoms with Crippen LogP contribution in [0.5, 0.6) is 5.75 Å². The predicted molar refractivity (Wildman–Crippen MR) is 61.8 cm³/mol. The SMILES string of the molecule is O=C(O)CCc1ccc(OC(F)(F)F)cc1I. The lowest BCUT2D eigenvalue weighted by atomic mass is 10.1. The first-order valence-electron chi connectivity index (χ1n) is 4.54. The molecule has 0 spiro atoms. The molecule has 0 saturated carbocycles. The lowest BCUT2D eigenvalue weighted by molar-refractivity contribution is -0.274. The van der Waals surface area contributed by atoms with Crippen LogP contribution >= 0.6 is 22.6 Å². The second-order valence-corrected chi connectivity index (χ2v) is 4.36. The summed E-state index contributed by atoms with van der Waals surface area (Å²) in [4.78, 5) is 10.4. The standard InChI is InChI=1S/C10H8F3IO3/c11-10(12,13)17-7-3-1-6(8(14)5-7)2-4-9(15)16/h1,3,5H,2,4H2,(H,15,16). The Balaban J connectivity index is 2.76. The van der Waals surface area contributed by atoms with E-state index >= 15 is 0 Å². The third-order valence-electron chi connectivity index (χ3n) is 1.87. The van der Waals surface area contributed by atoms with Gasteiger partial charge in [-0.15, -0.1) is 13.2 Å². The van der Waals surface area contributed by atoms with Crippen LogP contribution in [-0.2, 0) is 11.2 Å². The Morgan fingerprint density at radius 2 is 2.06 bits per heavy atom. The highest BCUT2D eigenvalue weighted by Crippen LogP contribution is 2.26. The molecule has 1 aromatic carbocycles. The minimum Gasteiger partial charge on any atom is -0.481 e. The van der Waals surface area contributed by atoms with E-state index in [1.165, 1.54) is 18.2 Å². The second-order valence-electron chi connectivity index (χ2n) is 3.19. The van der Waals surface area contributed by atoms with Gasteiger partial charge in [-0.25, -0.2) is 0 Å². The number of hydrogen-bond donors (Lipinski definition) is 1. The molecule has 0 aliphatic heterocycles. The van der Waals surface area contributed by atoms with Crippen LogP contribution in [-0.4, -0.2) is 17.4 Å². The van der Waals surface area contributed by atoms with Gasteiger partial charge in [-0.2, -0.15) is 0 Å². The zero-order valence-corrected chi connectivity index (χ0v) is 10.6. The van der Waals surface area contributed by atoms with E-state index in [0.29, 0.717) is 9.13 Å². The lowest BCUT2D eigenvalue weighted by Gasteiger charge is -2.10. The normalized spacial score (nSPS) is 11.3. The molecule has 0 radical (unpaired) electrons. The van der Waals surface area contributed by atoms with Gasteiger partial charge < -0.3 is 9.84 Å². The molecule has 1 aromatic rings. The topological polar surface area (TPSA) is 46.5 Å². The Morgan fingerprint density at radius 1 is 1.41 bits per heavy atom. The van der Waals surface area contributed by atoms with Gasteiger partial charge in [0, 0.05) is 9.99 Å². The quantitative estimate of drug-likeness (QED) is 0.839. The highest BCUT2D eigenvalue weighted by molar-refractivity contribution is 14.1. The monoisotopic (exact) mass is 360 g/mol. The molecule has 3 nitrogen and oxygen atoms in total. The maximum atomic E-state index is 11.9. The predicted octanol–water partition coefficient (Wildman–Crippen LogP) is 3.21. The molecule has 7 heteroatoms. The van der Waals surface area contributed by atoms with Gasteiger partial charge in [-0.3, -0.25) is 4.79 Å². The number of hydrogen-bond acceptors (Lipinski definition) is 2. The van der Waals surface area contributed by atoms with Crippen molar-refractivity contribution in [1.82, 2.24) is 0 Å². The van der Waals surface area contributed by atoms with Gasteiger partial charge in [0.15, 0.2) is 0 Å². The largest absolute Gasteiger partial charge is 0.573 e.